The summed E-state index contributed by atoms with van der Waals surface area (Å²) in [6.07, 6.45) is 1.46. The third-order valence-corrected chi connectivity index (χ3v) is 5.36. The molecule has 2 aromatic carbocycles. The van der Waals surface area contributed by atoms with Crippen molar-refractivity contribution in [1.29, 1.82) is 0 Å². The first-order valence-electron chi connectivity index (χ1n) is 6.69. The van der Waals surface area contributed by atoms with Gasteiger partial charge in [0, 0.05) is 5.69 Å². The van der Waals surface area contributed by atoms with E-state index in [-0.39, 0.29) is 14.9 Å². The van der Waals surface area contributed by atoms with Crippen LogP contribution in [0, 0.1) is 6.92 Å². The van der Waals surface area contributed by atoms with Gasteiger partial charge >= 0.3 is 0 Å². The number of nitrogens with zero attached hydrogens (tertiary/aromatic N) is 4. The second-order valence-corrected chi connectivity index (χ2v) is 7.43. The molecule has 0 bridgehead atoms. The van der Waals surface area contributed by atoms with Gasteiger partial charge in [0.05, 0.1) is 20.6 Å². The number of anilines is 1. The second kappa shape index (κ2) is 6.39. The van der Waals surface area contributed by atoms with Crippen molar-refractivity contribution in [3.63, 3.8) is 0 Å². The summed E-state index contributed by atoms with van der Waals surface area (Å²) >= 11 is 11.7. The fourth-order valence-corrected chi connectivity index (χ4v) is 3.54. The van der Waals surface area contributed by atoms with Crippen molar-refractivity contribution in [2.75, 3.05) is 4.72 Å². The maximum Gasteiger partial charge on any atom is 0.261 e. The van der Waals surface area contributed by atoms with Crippen LogP contribution in [0.15, 0.2) is 47.6 Å². The minimum absolute atomic E-state index is 0.0269. The molecule has 0 atom stereocenters. The minimum Gasteiger partial charge on any atom is -0.280 e. The van der Waals surface area contributed by atoms with Crippen LogP contribution >= 0.6 is 23.2 Å². The molecule has 1 heterocycles. The van der Waals surface area contributed by atoms with E-state index in [2.05, 4.69) is 20.2 Å². The molecule has 1 aromatic heterocycles. The second-order valence-electron chi connectivity index (χ2n) is 4.94. The van der Waals surface area contributed by atoms with Crippen molar-refractivity contribution in [3.8, 4) is 5.69 Å². The number of aromatic nitrogens is 4. The van der Waals surface area contributed by atoms with Crippen molar-refractivity contribution >= 4 is 38.9 Å². The Kier molecular flexibility index (Phi) is 4.44. The van der Waals surface area contributed by atoms with Crippen molar-refractivity contribution in [1.82, 2.24) is 20.2 Å². The van der Waals surface area contributed by atoms with Gasteiger partial charge in [-0.3, -0.25) is 4.72 Å². The third kappa shape index (κ3) is 3.35. The van der Waals surface area contributed by atoms with Crippen LogP contribution in [-0.2, 0) is 10.0 Å². The summed E-state index contributed by atoms with van der Waals surface area (Å²) in [6, 6.07) is 9.15. The van der Waals surface area contributed by atoms with E-state index in [9.17, 15) is 8.42 Å². The maximum absolute atomic E-state index is 12.4. The Labute approximate surface area is 148 Å². The van der Waals surface area contributed by atoms with Crippen molar-refractivity contribution in [2.45, 2.75) is 11.8 Å². The summed E-state index contributed by atoms with van der Waals surface area (Å²) in [5.41, 5.74) is 1.96. The van der Waals surface area contributed by atoms with E-state index in [4.69, 9.17) is 23.2 Å². The molecule has 0 aliphatic rings. The smallest absolute Gasteiger partial charge is 0.261 e. The zero-order valence-corrected chi connectivity index (χ0v) is 14.6. The number of benzene rings is 2. The quantitative estimate of drug-likeness (QED) is 0.747. The number of rotatable bonds is 4. The molecule has 0 saturated carbocycles. The lowest BCUT2D eigenvalue weighted by molar-refractivity contribution is 0.601. The van der Waals surface area contributed by atoms with Crippen LogP contribution in [0.4, 0.5) is 5.69 Å². The molecular formula is C14H11Cl2N5O2S. The van der Waals surface area contributed by atoms with Gasteiger partial charge in [-0.05, 0) is 59.3 Å². The molecule has 0 fully saturated rings. The zero-order chi connectivity index (χ0) is 17.3. The van der Waals surface area contributed by atoms with Crippen LogP contribution in [0.2, 0.25) is 10.0 Å². The summed E-state index contributed by atoms with van der Waals surface area (Å²) in [5.74, 6) is 0. The highest BCUT2D eigenvalue weighted by atomic mass is 35.5. The monoisotopic (exact) mass is 383 g/mol. The van der Waals surface area contributed by atoms with Crippen LogP contribution in [0.5, 0.6) is 0 Å². The highest BCUT2D eigenvalue weighted by molar-refractivity contribution is 7.92. The molecule has 3 rings (SSSR count). The Morgan fingerprint density at radius 1 is 1.08 bits per heavy atom. The van der Waals surface area contributed by atoms with Gasteiger partial charge in [-0.2, -0.15) is 0 Å². The lowest BCUT2D eigenvalue weighted by Gasteiger charge is -2.11. The maximum atomic E-state index is 12.4. The summed E-state index contributed by atoms with van der Waals surface area (Å²) in [6.45, 7) is 1.83. The summed E-state index contributed by atoms with van der Waals surface area (Å²) in [7, 11) is -3.78. The van der Waals surface area contributed by atoms with E-state index in [1.165, 1.54) is 29.2 Å². The summed E-state index contributed by atoms with van der Waals surface area (Å²) in [4.78, 5) is 0.0269. The fraction of sp³-hybridized carbons (Fsp3) is 0.0714. The molecule has 10 heteroatoms. The highest BCUT2D eigenvalue weighted by Crippen LogP contribution is 2.26. The lowest BCUT2D eigenvalue weighted by atomic mass is 10.2. The van der Waals surface area contributed by atoms with E-state index in [1.807, 2.05) is 6.92 Å². The van der Waals surface area contributed by atoms with Gasteiger partial charge in [0.1, 0.15) is 6.33 Å². The highest BCUT2D eigenvalue weighted by Gasteiger charge is 2.16. The Morgan fingerprint density at radius 3 is 2.50 bits per heavy atom. The van der Waals surface area contributed by atoms with Gasteiger partial charge < -0.3 is 0 Å². The number of hydrogen-bond donors (Lipinski definition) is 1. The molecule has 0 unspecified atom stereocenters. The van der Waals surface area contributed by atoms with Crippen molar-refractivity contribution in [2.24, 2.45) is 0 Å². The van der Waals surface area contributed by atoms with E-state index in [1.54, 1.807) is 18.2 Å². The number of aryl methyl sites for hydroxylation is 1. The van der Waals surface area contributed by atoms with E-state index in [0.717, 1.165) is 11.3 Å². The first-order valence-corrected chi connectivity index (χ1v) is 8.92. The van der Waals surface area contributed by atoms with E-state index in [0.29, 0.717) is 5.69 Å². The van der Waals surface area contributed by atoms with Crippen LogP contribution in [0.25, 0.3) is 5.69 Å². The van der Waals surface area contributed by atoms with E-state index < -0.39 is 10.0 Å². The topological polar surface area (TPSA) is 89.8 Å². The largest absolute Gasteiger partial charge is 0.280 e. The first kappa shape index (κ1) is 16.7. The lowest BCUT2D eigenvalue weighted by Crippen LogP contribution is -2.13. The predicted octanol–water partition coefficient (Wildman–Crippen LogP) is 3.08. The molecule has 7 nitrogen and oxygen atoms in total. The number of hydrogen-bond acceptors (Lipinski definition) is 5. The molecule has 24 heavy (non-hydrogen) atoms. The normalized spacial score (nSPS) is 11.5. The molecule has 0 saturated heterocycles. The Hall–Kier alpha value is -2.16. The zero-order valence-electron chi connectivity index (χ0n) is 12.3. The van der Waals surface area contributed by atoms with Crippen LogP contribution < -0.4 is 4.72 Å². The third-order valence-electron chi connectivity index (χ3n) is 3.25. The number of sulfonamides is 1. The molecule has 1 N–H and O–H groups in total. The first-order chi connectivity index (χ1) is 11.4. The van der Waals surface area contributed by atoms with Gasteiger partial charge in [-0.25, -0.2) is 13.1 Å². The molecule has 0 aliphatic carbocycles. The molecule has 0 radical (unpaired) electrons. The van der Waals surface area contributed by atoms with Gasteiger partial charge in [0.15, 0.2) is 0 Å². The van der Waals surface area contributed by atoms with Crippen LogP contribution in [-0.4, -0.2) is 28.6 Å². The minimum atomic E-state index is -3.78. The Morgan fingerprint density at radius 2 is 1.88 bits per heavy atom. The Bertz CT molecular complexity index is 990. The molecule has 124 valence electrons. The summed E-state index contributed by atoms with van der Waals surface area (Å²) in [5, 5.41) is 11.4. The van der Waals surface area contributed by atoms with Crippen LogP contribution in [0.1, 0.15) is 5.56 Å². The molecular weight excluding hydrogens is 373 g/mol. The van der Waals surface area contributed by atoms with Gasteiger partial charge in [-0.15, -0.1) is 5.10 Å². The van der Waals surface area contributed by atoms with Gasteiger partial charge in [-0.1, -0.05) is 23.2 Å². The number of tetrazole rings is 1. The van der Waals surface area contributed by atoms with Crippen molar-refractivity contribution < 1.29 is 8.42 Å². The standard InChI is InChI=1S/C14H11Cl2N5O2S/c1-9-6-10(2-5-14(9)21-8-17-19-20-21)18-24(22,23)11-3-4-12(15)13(16)7-11/h2-8,18H,1H3. The molecule has 0 spiro atoms. The van der Waals surface area contributed by atoms with Crippen molar-refractivity contribution in [3.05, 3.63) is 58.3 Å². The van der Waals surface area contributed by atoms with Gasteiger partial charge in [0.25, 0.3) is 10.0 Å². The number of halogens is 2. The predicted molar refractivity (Wildman–Crippen MR) is 91.2 cm³/mol. The molecule has 0 aliphatic heterocycles. The summed E-state index contributed by atoms with van der Waals surface area (Å²) < 4.78 is 28.9. The average molecular weight is 384 g/mol. The van der Waals surface area contributed by atoms with E-state index >= 15 is 0 Å². The Balaban J connectivity index is 1.90. The van der Waals surface area contributed by atoms with Crippen LogP contribution in [0.3, 0.4) is 0 Å². The fourth-order valence-electron chi connectivity index (χ4n) is 2.11. The number of nitrogens with one attached hydrogen (secondary N) is 1. The van der Waals surface area contributed by atoms with Gasteiger partial charge in [0.2, 0.25) is 0 Å². The SMILES string of the molecule is Cc1cc(NS(=O)(=O)c2ccc(Cl)c(Cl)c2)ccc1-n1cnnn1. The molecule has 3 aromatic rings. The molecule has 0 amide bonds. The average Bonchev–Trinajstić information content (AvgIpc) is 3.03.